The third-order valence-electron chi connectivity index (χ3n) is 3.89. The second kappa shape index (κ2) is 6.19. The van der Waals surface area contributed by atoms with Gasteiger partial charge in [-0.05, 0) is 63.3 Å². The molecule has 0 aliphatic carbocycles. The second-order valence-corrected chi connectivity index (χ2v) is 7.09. The predicted octanol–water partition coefficient (Wildman–Crippen LogP) is 3.36. The van der Waals surface area contributed by atoms with Crippen molar-refractivity contribution in [3.8, 4) is 5.75 Å². The van der Waals surface area contributed by atoms with Crippen LogP contribution in [0.1, 0.15) is 44.4 Å². The maximum absolute atomic E-state index is 12.1. The molecule has 0 saturated heterocycles. The molecule has 1 aliphatic heterocycles. The van der Waals surface area contributed by atoms with Gasteiger partial charge in [0.05, 0.1) is 12.3 Å². The summed E-state index contributed by atoms with van der Waals surface area (Å²) in [6.07, 6.45) is 4.45. The van der Waals surface area contributed by atoms with Crippen molar-refractivity contribution in [2.45, 2.75) is 45.1 Å². The highest BCUT2D eigenvalue weighted by molar-refractivity contribution is 5.70. The van der Waals surface area contributed by atoms with E-state index in [1.807, 2.05) is 39.0 Å². The summed E-state index contributed by atoms with van der Waals surface area (Å²) in [5.41, 5.74) is 8.05. The number of ether oxygens (including phenoxy) is 2. The van der Waals surface area contributed by atoms with Gasteiger partial charge in [-0.25, -0.2) is 14.3 Å². The predicted molar refractivity (Wildman–Crippen MR) is 91.3 cm³/mol. The van der Waals surface area contributed by atoms with Gasteiger partial charge in [0, 0.05) is 11.9 Å². The highest BCUT2D eigenvalue weighted by Crippen LogP contribution is 2.36. The summed E-state index contributed by atoms with van der Waals surface area (Å²) >= 11 is 0. The van der Waals surface area contributed by atoms with Gasteiger partial charge in [-0.2, -0.15) is 0 Å². The Morgan fingerprint density at radius 1 is 1.46 bits per heavy atom. The number of nitrogens with two attached hydrogens (primary N) is 1. The van der Waals surface area contributed by atoms with Crippen LogP contribution in [-0.4, -0.2) is 27.9 Å². The number of benzene rings is 1. The van der Waals surface area contributed by atoms with E-state index in [4.69, 9.17) is 15.2 Å². The smallest absolute Gasteiger partial charge is 0.419 e. The first-order valence-corrected chi connectivity index (χ1v) is 8.10. The SMILES string of the molecule is CC(C)(C)OC(=O)n1cnc(CC2CCOc3ccc(N)cc32)c1. The molecule has 3 rings (SSSR count). The number of anilines is 1. The average molecular weight is 329 g/mol. The minimum Gasteiger partial charge on any atom is -0.493 e. The molecule has 0 bridgehead atoms. The van der Waals surface area contributed by atoms with Crippen LogP contribution in [-0.2, 0) is 11.2 Å². The van der Waals surface area contributed by atoms with Crippen molar-refractivity contribution >= 4 is 11.8 Å². The number of carbonyl (C=O) groups is 1. The second-order valence-electron chi connectivity index (χ2n) is 7.09. The fourth-order valence-electron chi connectivity index (χ4n) is 2.83. The van der Waals surface area contributed by atoms with E-state index in [-0.39, 0.29) is 5.92 Å². The van der Waals surface area contributed by atoms with Crippen molar-refractivity contribution < 1.29 is 14.3 Å². The van der Waals surface area contributed by atoms with Crippen molar-refractivity contribution in [2.24, 2.45) is 0 Å². The van der Waals surface area contributed by atoms with E-state index in [9.17, 15) is 4.79 Å². The van der Waals surface area contributed by atoms with Crippen LogP contribution in [0, 0.1) is 0 Å². The van der Waals surface area contributed by atoms with Crippen LogP contribution in [0.25, 0.3) is 0 Å². The Kier molecular flexibility index (Phi) is 4.22. The van der Waals surface area contributed by atoms with E-state index in [2.05, 4.69) is 4.98 Å². The number of nitrogen functional groups attached to an aromatic ring is 1. The zero-order valence-corrected chi connectivity index (χ0v) is 14.3. The summed E-state index contributed by atoms with van der Waals surface area (Å²) < 4.78 is 12.4. The van der Waals surface area contributed by atoms with Gasteiger partial charge in [0.1, 0.15) is 17.7 Å². The van der Waals surface area contributed by atoms with Gasteiger partial charge in [0.2, 0.25) is 0 Å². The zero-order chi connectivity index (χ0) is 17.3. The molecule has 0 spiro atoms. The number of carbonyl (C=O) groups excluding carboxylic acids is 1. The van der Waals surface area contributed by atoms with E-state index in [1.54, 1.807) is 6.20 Å². The van der Waals surface area contributed by atoms with Gasteiger partial charge in [-0.1, -0.05) is 0 Å². The largest absolute Gasteiger partial charge is 0.493 e. The monoisotopic (exact) mass is 329 g/mol. The molecule has 6 heteroatoms. The topological polar surface area (TPSA) is 79.4 Å². The van der Waals surface area contributed by atoms with Gasteiger partial charge in [0.15, 0.2) is 0 Å². The molecular weight excluding hydrogens is 306 g/mol. The van der Waals surface area contributed by atoms with Crippen molar-refractivity contribution in [1.29, 1.82) is 0 Å². The maximum atomic E-state index is 12.1. The number of nitrogens with zero attached hydrogens (tertiary/aromatic N) is 2. The molecule has 0 saturated carbocycles. The molecular formula is C18H23N3O3. The third-order valence-corrected chi connectivity index (χ3v) is 3.89. The van der Waals surface area contributed by atoms with E-state index in [1.165, 1.54) is 10.9 Å². The zero-order valence-electron chi connectivity index (χ0n) is 14.3. The van der Waals surface area contributed by atoms with Gasteiger partial charge in [-0.15, -0.1) is 0 Å². The molecule has 1 atom stereocenters. The van der Waals surface area contributed by atoms with Crippen LogP contribution < -0.4 is 10.5 Å². The van der Waals surface area contributed by atoms with Crippen molar-refractivity contribution in [2.75, 3.05) is 12.3 Å². The maximum Gasteiger partial charge on any atom is 0.419 e. The van der Waals surface area contributed by atoms with Crippen LogP contribution in [0.4, 0.5) is 10.5 Å². The molecule has 24 heavy (non-hydrogen) atoms. The molecule has 1 unspecified atom stereocenters. The molecule has 2 aromatic rings. The third kappa shape index (κ3) is 3.69. The lowest BCUT2D eigenvalue weighted by Crippen LogP contribution is -2.26. The Bertz CT molecular complexity index is 746. The summed E-state index contributed by atoms with van der Waals surface area (Å²) in [6.45, 7) is 6.19. The highest BCUT2D eigenvalue weighted by Gasteiger charge is 2.24. The lowest BCUT2D eigenvalue weighted by atomic mass is 9.89. The Morgan fingerprint density at radius 2 is 2.25 bits per heavy atom. The van der Waals surface area contributed by atoms with Crippen LogP contribution in [0.2, 0.25) is 0 Å². The Morgan fingerprint density at radius 3 is 3.00 bits per heavy atom. The van der Waals surface area contributed by atoms with E-state index < -0.39 is 11.7 Å². The van der Waals surface area contributed by atoms with Gasteiger partial charge in [0.25, 0.3) is 0 Å². The van der Waals surface area contributed by atoms with Crippen LogP contribution in [0.3, 0.4) is 0 Å². The summed E-state index contributed by atoms with van der Waals surface area (Å²) in [4.78, 5) is 16.4. The van der Waals surface area contributed by atoms with Crippen LogP contribution in [0.15, 0.2) is 30.7 Å². The number of fused-ring (bicyclic) bond motifs is 1. The summed E-state index contributed by atoms with van der Waals surface area (Å²) in [6, 6.07) is 5.72. The van der Waals surface area contributed by atoms with E-state index in [0.29, 0.717) is 6.61 Å². The first-order chi connectivity index (χ1) is 11.3. The van der Waals surface area contributed by atoms with Crippen LogP contribution >= 0.6 is 0 Å². The van der Waals surface area contributed by atoms with Gasteiger partial charge < -0.3 is 15.2 Å². The molecule has 0 radical (unpaired) electrons. The molecule has 0 amide bonds. The summed E-state index contributed by atoms with van der Waals surface area (Å²) in [5, 5.41) is 0. The molecule has 128 valence electrons. The number of hydrogen-bond donors (Lipinski definition) is 1. The van der Waals surface area contributed by atoms with Crippen molar-refractivity contribution in [3.63, 3.8) is 0 Å². The molecule has 0 fully saturated rings. The fraction of sp³-hybridized carbons (Fsp3) is 0.444. The molecule has 1 aromatic carbocycles. The van der Waals surface area contributed by atoms with Crippen molar-refractivity contribution in [3.05, 3.63) is 42.0 Å². The van der Waals surface area contributed by atoms with Crippen molar-refractivity contribution in [1.82, 2.24) is 9.55 Å². The normalized spacial score (nSPS) is 17.0. The molecule has 2 N–H and O–H groups in total. The number of aromatic nitrogens is 2. The lowest BCUT2D eigenvalue weighted by Gasteiger charge is -2.25. The lowest BCUT2D eigenvalue weighted by molar-refractivity contribution is 0.0536. The van der Waals surface area contributed by atoms with Gasteiger partial charge in [-0.3, -0.25) is 0 Å². The first kappa shape index (κ1) is 16.4. The Labute approximate surface area is 141 Å². The fourth-order valence-corrected chi connectivity index (χ4v) is 2.83. The Balaban J connectivity index is 1.74. The van der Waals surface area contributed by atoms with Crippen LogP contribution in [0.5, 0.6) is 5.75 Å². The minimum absolute atomic E-state index is 0.277. The molecule has 2 heterocycles. The molecule has 1 aromatic heterocycles. The number of rotatable bonds is 2. The molecule has 1 aliphatic rings. The molecule has 6 nitrogen and oxygen atoms in total. The average Bonchev–Trinajstić information content (AvgIpc) is 2.95. The minimum atomic E-state index is -0.529. The summed E-state index contributed by atoms with van der Waals surface area (Å²) in [5.74, 6) is 1.16. The summed E-state index contributed by atoms with van der Waals surface area (Å²) in [7, 11) is 0. The van der Waals surface area contributed by atoms with E-state index in [0.717, 1.165) is 35.5 Å². The van der Waals surface area contributed by atoms with Gasteiger partial charge >= 0.3 is 6.09 Å². The first-order valence-electron chi connectivity index (χ1n) is 8.10. The number of imidazole rings is 1. The standard InChI is InChI=1S/C18H23N3O3/c1-18(2,3)24-17(22)21-10-14(20-11-21)8-12-6-7-23-16-5-4-13(19)9-15(12)16/h4-5,9-12H,6-8,19H2,1-3H3. The van der Waals surface area contributed by atoms with E-state index >= 15 is 0 Å². The Hall–Kier alpha value is -2.50. The quantitative estimate of drug-likeness (QED) is 0.855. The number of hydrogen-bond acceptors (Lipinski definition) is 5. The highest BCUT2D eigenvalue weighted by atomic mass is 16.6.